The summed E-state index contributed by atoms with van der Waals surface area (Å²) < 4.78 is 0. The van der Waals surface area contributed by atoms with Gasteiger partial charge in [-0.15, -0.1) is 0 Å². The summed E-state index contributed by atoms with van der Waals surface area (Å²) in [6.45, 7) is 3.35. The van der Waals surface area contributed by atoms with Crippen molar-refractivity contribution in [3.63, 3.8) is 0 Å². The fraction of sp³-hybridized carbons (Fsp3) is 0.278. The van der Waals surface area contributed by atoms with Gasteiger partial charge in [0, 0.05) is 22.3 Å². The molecule has 3 rings (SSSR count). The van der Waals surface area contributed by atoms with Crippen LogP contribution in [0.1, 0.15) is 10.4 Å². The van der Waals surface area contributed by atoms with Gasteiger partial charge in [0.2, 0.25) is 0 Å². The molecule has 1 saturated heterocycles. The van der Waals surface area contributed by atoms with Crippen LogP contribution >= 0.6 is 11.6 Å². The monoisotopic (exact) mass is 375 g/mol. The standard InChI is InChI=1S/C18H19ClN4O3/c1-21-7-9-22(10-8-21)16-6-5-13(11-17(16)23(25)26)18(24)20-15-4-2-3-14(19)12-15/h2-6,11-12H,7-10H2,1H3,(H,20,24)/p+1. The van der Waals surface area contributed by atoms with E-state index in [9.17, 15) is 14.9 Å². The fourth-order valence-electron chi connectivity index (χ4n) is 2.98. The van der Waals surface area contributed by atoms with Crippen LogP contribution in [0.3, 0.4) is 0 Å². The number of carbonyl (C=O) groups is 1. The molecule has 2 aromatic rings. The number of halogens is 1. The summed E-state index contributed by atoms with van der Waals surface area (Å²) >= 11 is 5.91. The largest absolute Gasteiger partial charge is 0.355 e. The highest BCUT2D eigenvalue weighted by Crippen LogP contribution is 2.29. The molecule has 2 aromatic carbocycles. The third-order valence-corrected chi connectivity index (χ3v) is 4.71. The highest BCUT2D eigenvalue weighted by molar-refractivity contribution is 6.31. The van der Waals surface area contributed by atoms with E-state index >= 15 is 0 Å². The zero-order valence-corrected chi connectivity index (χ0v) is 15.1. The number of amides is 1. The molecule has 0 atom stereocenters. The molecule has 2 N–H and O–H groups in total. The second-order valence-electron chi connectivity index (χ2n) is 6.37. The van der Waals surface area contributed by atoms with E-state index in [-0.39, 0.29) is 11.3 Å². The first-order valence-corrected chi connectivity index (χ1v) is 8.73. The molecule has 0 radical (unpaired) electrons. The van der Waals surface area contributed by atoms with Crippen molar-refractivity contribution in [2.45, 2.75) is 0 Å². The second-order valence-corrected chi connectivity index (χ2v) is 6.81. The van der Waals surface area contributed by atoms with E-state index in [0.717, 1.165) is 26.2 Å². The van der Waals surface area contributed by atoms with Gasteiger partial charge in [0.25, 0.3) is 11.6 Å². The SMILES string of the molecule is C[NH+]1CCN(c2ccc(C(=O)Nc3cccc(Cl)c3)cc2[N+](=O)[O-])CC1. The maximum atomic E-state index is 12.4. The van der Waals surface area contributed by atoms with Crippen LogP contribution in [0.2, 0.25) is 5.02 Å². The molecule has 0 aromatic heterocycles. The van der Waals surface area contributed by atoms with E-state index in [1.807, 2.05) is 4.90 Å². The molecular weight excluding hydrogens is 356 g/mol. The lowest BCUT2D eigenvalue weighted by atomic mass is 10.1. The van der Waals surface area contributed by atoms with Gasteiger partial charge in [0.05, 0.1) is 38.2 Å². The average molecular weight is 376 g/mol. The number of nitro benzene ring substituents is 1. The summed E-state index contributed by atoms with van der Waals surface area (Å²) in [7, 11) is 2.11. The summed E-state index contributed by atoms with van der Waals surface area (Å²) in [6, 6.07) is 11.4. The van der Waals surface area contributed by atoms with Crippen molar-refractivity contribution in [3.8, 4) is 0 Å². The molecule has 0 aliphatic carbocycles. The average Bonchev–Trinajstić information content (AvgIpc) is 2.62. The molecule has 0 saturated carbocycles. The van der Waals surface area contributed by atoms with Gasteiger partial charge in [-0.1, -0.05) is 17.7 Å². The van der Waals surface area contributed by atoms with Crippen molar-refractivity contribution < 1.29 is 14.6 Å². The van der Waals surface area contributed by atoms with Gasteiger partial charge in [0.15, 0.2) is 0 Å². The van der Waals surface area contributed by atoms with Crippen LogP contribution in [-0.2, 0) is 0 Å². The Labute approximate surface area is 156 Å². The highest BCUT2D eigenvalue weighted by atomic mass is 35.5. The molecule has 1 aliphatic heterocycles. The topological polar surface area (TPSA) is 79.9 Å². The van der Waals surface area contributed by atoms with Crippen molar-refractivity contribution >= 4 is 34.6 Å². The van der Waals surface area contributed by atoms with Crippen molar-refractivity contribution in [2.75, 3.05) is 43.4 Å². The number of likely N-dealkylation sites (N-methyl/N-ethyl adjacent to an activating group) is 1. The van der Waals surface area contributed by atoms with Gasteiger partial charge in [0.1, 0.15) is 5.69 Å². The van der Waals surface area contributed by atoms with Crippen molar-refractivity contribution in [2.24, 2.45) is 0 Å². The van der Waals surface area contributed by atoms with Crippen LogP contribution in [0, 0.1) is 10.1 Å². The van der Waals surface area contributed by atoms with Crippen molar-refractivity contribution in [3.05, 3.63) is 63.2 Å². The number of anilines is 2. The third kappa shape index (κ3) is 4.12. The van der Waals surface area contributed by atoms with E-state index in [1.54, 1.807) is 36.4 Å². The molecule has 1 heterocycles. The molecule has 0 unspecified atom stereocenters. The normalized spacial score (nSPS) is 14.9. The Bertz CT molecular complexity index is 835. The van der Waals surface area contributed by atoms with E-state index in [2.05, 4.69) is 12.4 Å². The van der Waals surface area contributed by atoms with Crippen LogP contribution in [0.15, 0.2) is 42.5 Å². The minimum Gasteiger partial charge on any atom is -0.355 e. The van der Waals surface area contributed by atoms with E-state index in [1.165, 1.54) is 11.0 Å². The molecule has 26 heavy (non-hydrogen) atoms. The lowest BCUT2D eigenvalue weighted by Crippen LogP contribution is -3.12. The quantitative estimate of drug-likeness (QED) is 0.631. The predicted molar refractivity (Wildman–Crippen MR) is 101 cm³/mol. The van der Waals surface area contributed by atoms with Gasteiger partial charge < -0.3 is 15.1 Å². The number of rotatable bonds is 4. The fourth-order valence-corrected chi connectivity index (χ4v) is 3.17. The van der Waals surface area contributed by atoms with Crippen LogP contribution in [-0.4, -0.2) is 44.1 Å². The molecular formula is C18H20ClN4O3+. The number of benzene rings is 2. The van der Waals surface area contributed by atoms with Gasteiger partial charge in [-0.3, -0.25) is 14.9 Å². The zero-order chi connectivity index (χ0) is 18.7. The number of hydrogen-bond acceptors (Lipinski definition) is 4. The van der Waals surface area contributed by atoms with Crippen LogP contribution < -0.4 is 15.1 Å². The number of nitro groups is 1. The number of piperazine rings is 1. The molecule has 7 nitrogen and oxygen atoms in total. The van der Waals surface area contributed by atoms with E-state index < -0.39 is 10.8 Å². The van der Waals surface area contributed by atoms with Crippen LogP contribution in [0.4, 0.5) is 17.1 Å². The highest BCUT2D eigenvalue weighted by Gasteiger charge is 2.25. The van der Waals surface area contributed by atoms with Gasteiger partial charge in [-0.05, 0) is 30.3 Å². The first kappa shape index (κ1) is 18.2. The Hall–Kier alpha value is -2.64. The molecule has 8 heteroatoms. The summed E-state index contributed by atoms with van der Waals surface area (Å²) in [5.74, 6) is -0.412. The van der Waals surface area contributed by atoms with E-state index in [0.29, 0.717) is 16.4 Å². The molecule has 1 aliphatic rings. The number of nitrogens with zero attached hydrogens (tertiary/aromatic N) is 2. The molecule has 0 spiro atoms. The van der Waals surface area contributed by atoms with Gasteiger partial charge in [-0.2, -0.15) is 0 Å². The minimum absolute atomic E-state index is 0.0525. The van der Waals surface area contributed by atoms with Crippen molar-refractivity contribution in [1.82, 2.24) is 0 Å². The minimum atomic E-state index is -0.434. The maximum absolute atomic E-state index is 12.4. The van der Waals surface area contributed by atoms with Gasteiger partial charge in [-0.25, -0.2) is 0 Å². The van der Waals surface area contributed by atoms with Crippen molar-refractivity contribution in [1.29, 1.82) is 0 Å². The molecule has 1 fully saturated rings. The first-order valence-electron chi connectivity index (χ1n) is 8.35. The lowest BCUT2D eigenvalue weighted by Gasteiger charge is -2.31. The van der Waals surface area contributed by atoms with Crippen LogP contribution in [0.5, 0.6) is 0 Å². The Kier molecular flexibility index (Phi) is 5.39. The Morgan fingerprint density at radius 3 is 2.62 bits per heavy atom. The van der Waals surface area contributed by atoms with E-state index in [4.69, 9.17) is 11.6 Å². The first-order chi connectivity index (χ1) is 12.4. The zero-order valence-electron chi connectivity index (χ0n) is 14.4. The third-order valence-electron chi connectivity index (χ3n) is 4.47. The predicted octanol–water partition coefficient (Wildman–Crippen LogP) is 1.84. The summed E-state index contributed by atoms with van der Waals surface area (Å²) in [6.07, 6.45) is 0. The number of carbonyl (C=O) groups excluding carboxylic acids is 1. The molecule has 0 bridgehead atoms. The smallest absolute Gasteiger partial charge is 0.293 e. The summed E-state index contributed by atoms with van der Waals surface area (Å²) in [5, 5.41) is 14.7. The lowest BCUT2D eigenvalue weighted by molar-refractivity contribution is -0.880. The summed E-state index contributed by atoms with van der Waals surface area (Å²) in [4.78, 5) is 26.9. The maximum Gasteiger partial charge on any atom is 0.293 e. The number of hydrogen-bond donors (Lipinski definition) is 2. The summed E-state index contributed by atoms with van der Waals surface area (Å²) in [5.41, 5.74) is 1.28. The Morgan fingerprint density at radius 2 is 1.96 bits per heavy atom. The molecule has 136 valence electrons. The molecule has 1 amide bonds. The Balaban J connectivity index is 1.83. The Morgan fingerprint density at radius 1 is 1.23 bits per heavy atom. The van der Waals surface area contributed by atoms with Gasteiger partial charge >= 0.3 is 0 Å². The van der Waals surface area contributed by atoms with Crippen LogP contribution in [0.25, 0.3) is 0 Å². The number of quaternary nitrogens is 1. The second kappa shape index (κ2) is 7.72. The number of nitrogens with one attached hydrogen (secondary N) is 2.